The van der Waals surface area contributed by atoms with Gasteiger partial charge < -0.3 is 4.74 Å². The smallest absolute Gasteiger partial charge is 0.282 e. The Morgan fingerprint density at radius 2 is 2.00 bits per heavy atom. The third-order valence-corrected chi connectivity index (χ3v) is 4.50. The van der Waals surface area contributed by atoms with Crippen LogP contribution >= 0.6 is 22.9 Å². The van der Waals surface area contributed by atoms with E-state index in [9.17, 15) is 14.9 Å². The summed E-state index contributed by atoms with van der Waals surface area (Å²) in [6.45, 7) is 0. The van der Waals surface area contributed by atoms with Gasteiger partial charge in [-0.05, 0) is 36.4 Å². The third kappa shape index (κ3) is 3.81. The molecule has 0 radical (unpaired) electrons. The quantitative estimate of drug-likeness (QED) is 0.507. The van der Waals surface area contributed by atoms with Gasteiger partial charge in [-0.15, -0.1) is 11.3 Å². The van der Waals surface area contributed by atoms with Crippen molar-refractivity contribution in [2.45, 2.75) is 0 Å². The number of benzene rings is 2. The van der Waals surface area contributed by atoms with Crippen LogP contribution < -0.4 is 10.1 Å². The zero-order valence-electron chi connectivity index (χ0n) is 13.4. The van der Waals surface area contributed by atoms with Crippen molar-refractivity contribution in [1.82, 2.24) is 4.98 Å². The number of hydrogen-bond donors (Lipinski definition) is 1. The Morgan fingerprint density at radius 3 is 2.65 bits per heavy atom. The van der Waals surface area contributed by atoms with Crippen LogP contribution in [0, 0.1) is 10.1 Å². The number of amides is 1. The number of thiazole rings is 1. The summed E-state index contributed by atoms with van der Waals surface area (Å²) < 4.78 is 5.11. The standard InChI is InChI=1S/C17H12ClN3O4S/c1-25-12-5-2-10(3-6-12)14-9-26-17(19-14)20-16(22)13-8-11(18)4-7-15(13)21(23)24/h2-9H,1H3,(H,19,20,22). The highest BCUT2D eigenvalue weighted by Gasteiger charge is 2.21. The van der Waals surface area contributed by atoms with Crippen LogP contribution in [0.15, 0.2) is 47.8 Å². The minimum Gasteiger partial charge on any atom is -0.497 e. The lowest BCUT2D eigenvalue weighted by Gasteiger charge is -2.04. The summed E-state index contributed by atoms with van der Waals surface area (Å²) in [7, 11) is 1.58. The molecule has 9 heteroatoms. The lowest BCUT2D eigenvalue weighted by Crippen LogP contribution is -2.13. The van der Waals surface area contributed by atoms with E-state index in [0.29, 0.717) is 10.8 Å². The van der Waals surface area contributed by atoms with Gasteiger partial charge in [0.1, 0.15) is 11.3 Å². The predicted octanol–water partition coefficient (Wildman–Crippen LogP) is 4.63. The Labute approximate surface area is 157 Å². The van der Waals surface area contributed by atoms with Crippen LogP contribution in [0.3, 0.4) is 0 Å². The van der Waals surface area contributed by atoms with Crippen molar-refractivity contribution in [3.63, 3.8) is 0 Å². The van der Waals surface area contributed by atoms with Crippen LogP contribution in [0.4, 0.5) is 10.8 Å². The van der Waals surface area contributed by atoms with E-state index in [1.54, 1.807) is 12.5 Å². The van der Waals surface area contributed by atoms with Crippen LogP contribution in [0.25, 0.3) is 11.3 Å². The predicted molar refractivity (Wildman–Crippen MR) is 100 cm³/mol. The first-order valence-corrected chi connectivity index (χ1v) is 8.59. The van der Waals surface area contributed by atoms with Gasteiger partial charge in [0.05, 0.1) is 17.7 Å². The number of carbonyl (C=O) groups is 1. The average Bonchev–Trinajstić information content (AvgIpc) is 3.10. The second-order valence-electron chi connectivity index (χ2n) is 5.14. The lowest BCUT2D eigenvalue weighted by atomic mass is 10.1. The molecule has 0 unspecified atom stereocenters. The molecule has 1 N–H and O–H groups in total. The molecule has 3 aromatic rings. The molecule has 0 aliphatic rings. The monoisotopic (exact) mass is 389 g/mol. The molecule has 1 aromatic heterocycles. The maximum Gasteiger partial charge on any atom is 0.282 e. The van der Waals surface area contributed by atoms with Crippen LogP contribution in [-0.2, 0) is 0 Å². The SMILES string of the molecule is COc1ccc(-c2csc(NC(=O)c3cc(Cl)ccc3[N+](=O)[O-])n2)cc1. The second kappa shape index (κ2) is 7.51. The van der Waals surface area contributed by atoms with E-state index in [1.165, 1.54) is 29.5 Å². The lowest BCUT2D eigenvalue weighted by molar-refractivity contribution is -0.385. The van der Waals surface area contributed by atoms with E-state index in [4.69, 9.17) is 16.3 Å². The molecule has 132 valence electrons. The average molecular weight is 390 g/mol. The molecule has 3 rings (SSSR count). The summed E-state index contributed by atoms with van der Waals surface area (Å²) in [5, 5.41) is 16.0. The van der Waals surface area contributed by atoms with E-state index < -0.39 is 10.8 Å². The Morgan fingerprint density at radius 1 is 1.27 bits per heavy atom. The second-order valence-corrected chi connectivity index (χ2v) is 6.43. The highest BCUT2D eigenvalue weighted by atomic mass is 35.5. The Bertz CT molecular complexity index is 972. The minimum atomic E-state index is -0.644. The number of nitrogens with one attached hydrogen (secondary N) is 1. The molecule has 0 spiro atoms. The summed E-state index contributed by atoms with van der Waals surface area (Å²) in [6, 6.07) is 11.1. The molecular weight excluding hydrogens is 378 g/mol. The fourth-order valence-corrected chi connectivity index (χ4v) is 3.13. The number of methoxy groups -OCH3 is 1. The number of hydrogen-bond acceptors (Lipinski definition) is 6. The number of nitro groups is 1. The minimum absolute atomic E-state index is 0.122. The van der Waals surface area contributed by atoms with Gasteiger partial charge >= 0.3 is 0 Å². The third-order valence-electron chi connectivity index (χ3n) is 3.51. The molecule has 2 aromatic carbocycles. The number of aromatic nitrogens is 1. The van der Waals surface area contributed by atoms with Gasteiger partial charge in [0, 0.05) is 22.0 Å². The van der Waals surface area contributed by atoms with Crippen molar-refractivity contribution in [2.75, 3.05) is 12.4 Å². The summed E-state index contributed by atoms with van der Waals surface area (Å²) in [5.74, 6) is 0.0839. The van der Waals surface area contributed by atoms with Gasteiger partial charge in [-0.3, -0.25) is 20.2 Å². The first kappa shape index (κ1) is 17.8. The first-order valence-electron chi connectivity index (χ1n) is 7.33. The largest absolute Gasteiger partial charge is 0.497 e. The van der Waals surface area contributed by atoms with Crippen LogP contribution in [0.5, 0.6) is 5.75 Å². The Hall–Kier alpha value is -2.97. The first-order chi connectivity index (χ1) is 12.5. The summed E-state index contributed by atoms with van der Waals surface area (Å²) in [5.41, 5.74) is 1.09. The fraction of sp³-hybridized carbons (Fsp3) is 0.0588. The molecule has 7 nitrogen and oxygen atoms in total. The highest BCUT2D eigenvalue weighted by molar-refractivity contribution is 7.14. The number of carbonyl (C=O) groups excluding carboxylic acids is 1. The maximum absolute atomic E-state index is 12.4. The topological polar surface area (TPSA) is 94.4 Å². The molecule has 0 aliphatic carbocycles. The Balaban J connectivity index is 1.82. The number of rotatable bonds is 5. The van der Waals surface area contributed by atoms with Crippen molar-refractivity contribution in [2.24, 2.45) is 0 Å². The maximum atomic E-state index is 12.4. The number of nitrogens with zero attached hydrogens (tertiary/aromatic N) is 2. The van der Waals surface area contributed by atoms with Gasteiger partial charge in [-0.25, -0.2) is 4.98 Å². The molecule has 0 bridgehead atoms. The van der Waals surface area contributed by atoms with E-state index in [0.717, 1.165) is 11.3 Å². The van der Waals surface area contributed by atoms with Crippen molar-refractivity contribution in [3.05, 3.63) is 68.5 Å². The molecule has 0 fully saturated rings. The van der Waals surface area contributed by atoms with E-state index in [-0.39, 0.29) is 16.3 Å². The van der Waals surface area contributed by atoms with Gasteiger partial charge in [0.2, 0.25) is 0 Å². The summed E-state index contributed by atoms with van der Waals surface area (Å²) in [4.78, 5) is 27.2. The van der Waals surface area contributed by atoms with Crippen molar-refractivity contribution >= 4 is 39.7 Å². The molecule has 0 atom stereocenters. The van der Waals surface area contributed by atoms with Crippen LogP contribution in [-0.4, -0.2) is 22.9 Å². The van der Waals surface area contributed by atoms with Crippen molar-refractivity contribution in [3.8, 4) is 17.0 Å². The highest BCUT2D eigenvalue weighted by Crippen LogP contribution is 2.28. The van der Waals surface area contributed by atoms with Gasteiger partial charge in [-0.2, -0.15) is 0 Å². The van der Waals surface area contributed by atoms with Crippen LogP contribution in [0.1, 0.15) is 10.4 Å². The number of ether oxygens (including phenoxy) is 1. The molecule has 1 heterocycles. The van der Waals surface area contributed by atoms with Crippen LogP contribution in [0.2, 0.25) is 5.02 Å². The van der Waals surface area contributed by atoms with Crippen molar-refractivity contribution in [1.29, 1.82) is 0 Å². The van der Waals surface area contributed by atoms with Gasteiger partial charge in [0.15, 0.2) is 5.13 Å². The molecule has 26 heavy (non-hydrogen) atoms. The molecule has 0 saturated carbocycles. The van der Waals surface area contributed by atoms with Crippen molar-refractivity contribution < 1.29 is 14.5 Å². The summed E-state index contributed by atoms with van der Waals surface area (Å²) >= 11 is 7.07. The molecule has 0 saturated heterocycles. The van der Waals surface area contributed by atoms with E-state index >= 15 is 0 Å². The summed E-state index contributed by atoms with van der Waals surface area (Å²) in [6.07, 6.45) is 0. The molecule has 1 amide bonds. The number of halogens is 1. The van der Waals surface area contributed by atoms with Gasteiger partial charge in [0.25, 0.3) is 11.6 Å². The normalized spacial score (nSPS) is 10.4. The zero-order valence-corrected chi connectivity index (χ0v) is 15.0. The zero-order chi connectivity index (χ0) is 18.7. The molecular formula is C17H12ClN3O4S. The number of anilines is 1. The number of nitro benzene ring substituents is 1. The fourth-order valence-electron chi connectivity index (χ4n) is 2.24. The van der Waals surface area contributed by atoms with Gasteiger partial charge in [-0.1, -0.05) is 11.6 Å². The Kier molecular flexibility index (Phi) is 5.15. The molecule has 0 aliphatic heterocycles. The van der Waals surface area contributed by atoms with E-state index in [2.05, 4.69) is 10.3 Å². The van der Waals surface area contributed by atoms with E-state index in [1.807, 2.05) is 24.3 Å².